The molecule has 1 aliphatic heterocycles. The number of carbonyl (C=O) groups excluding carboxylic acids is 1. The topological polar surface area (TPSA) is 97.6 Å². The van der Waals surface area contributed by atoms with Crippen LogP contribution in [-0.2, 0) is 9.53 Å². The Hall–Kier alpha value is -4.83. The Labute approximate surface area is 278 Å². The summed E-state index contributed by atoms with van der Waals surface area (Å²) in [7, 11) is 3.16. The summed E-state index contributed by atoms with van der Waals surface area (Å²) in [6.07, 6.45) is 2.88. The second kappa shape index (κ2) is 15.2. The highest BCUT2D eigenvalue weighted by molar-refractivity contribution is 7.07. The number of allylic oxidation sites excluding steroid dienone is 1. The summed E-state index contributed by atoms with van der Waals surface area (Å²) in [6.45, 7) is 8.80. The van der Waals surface area contributed by atoms with Gasteiger partial charge in [-0.3, -0.25) is 9.36 Å². The van der Waals surface area contributed by atoms with E-state index in [1.165, 1.54) is 16.9 Å². The summed E-state index contributed by atoms with van der Waals surface area (Å²) in [5, 5.41) is 0. The Balaban J connectivity index is 1.38. The minimum Gasteiger partial charge on any atom is -0.497 e. The van der Waals surface area contributed by atoms with Gasteiger partial charge in [-0.25, -0.2) is 9.79 Å². The van der Waals surface area contributed by atoms with Gasteiger partial charge in [-0.1, -0.05) is 55.5 Å². The summed E-state index contributed by atoms with van der Waals surface area (Å²) in [6, 6.07) is 20.2. The standard InChI is InChI=1S/C37H40N2O7S/c1-7-23(3)26-10-16-29(17-11-26)45-19-20-46-30-18-9-25(21-31(30)43-6)22-32-35(40)39-34(27-12-14-28(42-5)15-13-27)33(36(41)44-8-2)24(4)38-37(39)47-32/h9-18,21-23,34H,7-8,19-20H2,1-6H3/b32-22+. The Morgan fingerprint density at radius 3 is 2.30 bits per heavy atom. The van der Waals surface area contributed by atoms with Gasteiger partial charge < -0.3 is 23.7 Å². The van der Waals surface area contributed by atoms with Crippen molar-refractivity contribution >= 4 is 23.4 Å². The van der Waals surface area contributed by atoms with E-state index in [0.29, 0.717) is 57.0 Å². The summed E-state index contributed by atoms with van der Waals surface area (Å²) >= 11 is 1.26. The molecule has 9 nitrogen and oxygen atoms in total. The smallest absolute Gasteiger partial charge is 0.338 e. The molecule has 2 atom stereocenters. The average Bonchev–Trinajstić information content (AvgIpc) is 3.39. The number of hydrogen-bond acceptors (Lipinski definition) is 9. The van der Waals surface area contributed by atoms with Gasteiger partial charge >= 0.3 is 5.97 Å². The van der Waals surface area contributed by atoms with Crippen molar-refractivity contribution in [3.8, 4) is 23.0 Å². The first-order valence-electron chi connectivity index (χ1n) is 15.6. The number of benzene rings is 3. The van der Waals surface area contributed by atoms with Crippen LogP contribution in [0.25, 0.3) is 6.08 Å². The van der Waals surface area contributed by atoms with Crippen LogP contribution >= 0.6 is 11.3 Å². The molecule has 0 saturated carbocycles. The van der Waals surface area contributed by atoms with Crippen LogP contribution in [0.2, 0.25) is 0 Å². The van der Waals surface area contributed by atoms with Crippen molar-refractivity contribution in [1.29, 1.82) is 0 Å². The summed E-state index contributed by atoms with van der Waals surface area (Å²) in [5.41, 5.74) is 3.35. The van der Waals surface area contributed by atoms with Gasteiger partial charge in [-0.05, 0) is 85.4 Å². The third-order valence-corrected chi connectivity index (χ3v) is 9.09. The summed E-state index contributed by atoms with van der Waals surface area (Å²) in [5.74, 6) is 2.57. The molecule has 0 saturated heterocycles. The van der Waals surface area contributed by atoms with Crippen molar-refractivity contribution in [2.45, 2.75) is 46.1 Å². The molecule has 2 heterocycles. The lowest BCUT2D eigenvalue weighted by Crippen LogP contribution is -2.39. The van der Waals surface area contributed by atoms with E-state index in [1.54, 1.807) is 50.8 Å². The lowest BCUT2D eigenvalue weighted by molar-refractivity contribution is -0.139. The maximum atomic E-state index is 14.0. The Morgan fingerprint density at radius 2 is 1.64 bits per heavy atom. The summed E-state index contributed by atoms with van der Waals surface area (Å²) in [4.78, 5) is 32.2. The highest BCUT2D eigenvalue weighted by Gasteiger charge is 2.33. The fourth-order valence-corrected chi connectivity index (χ4v) is 6.42. The maximum Gasteiger partial charge on any atom is 0.338 e. The number of aromatic nitrogens is 1. The van der Waals surface area contributed by atoms with Crippen LogP contribution in [0.4, 0.5) is 0 Å². The molecule has 2 unspecified atom stereocenters. The molecule has 1 aromatic heterocycles. The van der Waals surface area contributed by atoms with E-state index in [0.717, 1.165) is 23.3 Å². The normalized spacial score (nSPS) is 15.0. The van der Waals surface area contributed by atoms with Crippen LogP contribution in [-0.4, -0.2) is 44.6 Å². The lowest BCUT2D eigenvalue weighted by atomic mass is 9.96. The van der Waals surface area contributed by atoms with Crippen LogP contribution in [0.1, 0.15) is 62.8 Å². The van der Waals surface area contributed by atoms with Gasteiger partial charge in [0.15, 0.2) is 16.3 Å². The van der Waals surface area contributed by atoms with Gasteiger partial charge in [0.2, 0.25) is 0 Å². The molecule has 0 radical (unpaired) electrons. The minimum atomic E-state index is -0.705. The molecule has 0 fully saturated rings. The van der Waals surface area contributed by atoms with E-state index in [1.807, 2.05) is 42.5 Å². The van der Waals surface area contributed by atoms with Crippen LogP contribution in [0.3, 0.4) is 0 Å². The predicted octanol–water partition coefficient (Wildman–Crippen LogP) is 5.79. The Kier molecular flexibility index (Phi) is 10.8. The van der Waals surface area contributed by atoms with Crippen LogP contribution in [0, 0.1) is 0 Å². The monoisotopic (exact) mass is 656 g/mol. The molecule has 10 heteroatoms. The lowest BCUT2D eigenvalue weighted by Gasteiger charge is -2.24. The third kappa shape index (κ3) is 7.44. The van der Waals surface area contributed by atoms with E-state index >= 15 is 0 Å². The number of rotatable bonds is 13. The number of esters is 1. The molecule has 3 aromatic carbocycles. The number of fused-ring (bicyclic) bond motifs is 1. The molecule has 1 aliphatic rings. The minimum absolute atomic E-state index is 0.205. The largest absolute Gasteiger partial charge is 0.497 e. The van der Waals surface area contributed by atoms with E-state index in [2.05, 4.69) is 31.0 Å². The Bertz CT molecular complexity index is 1930. The van der Waals surface area contributed by atoms with Gasteiger partial charge in [0.25, 0.3) is 5.56 Å². The fourth-order valence-electron chi connectivity index (χ4n) is 5.38. The second-order valence-electron chi connectivity index (χ2n) is 11.1. The number of carbonyl (C=O) groups is 1. The zero-order chi connectivity index (χ0) is 33.5. The number of ether oxygens (including phenoxy) is 5. The third-order valence-electron chi connectivity index (χ3n) is 8.11. The number of nitrogens with zero attached hydrogens (tertiary/aromatic N) is 2. The molecule has 0 amide bonds. The Morgan fingerprint density at radius 1 is 0.936 bits per heavy atom. The van der Waals surface area contributed by atoms with E-state index in [9.17, 15) is 9.59 Å². The molecule has 0 spiro atoms. The zero-order valence-corrected chi connectivity index (χ0v) is 28.4. The van der Waals surface area contributed by atoms with Gasteiger partial charge in [0.1, 0.15) is 24.7 Å². The highest BCUT2D eigenvalue weighted by atomic mass is 32.1. The second-order valence-corrected chi connectivity index (χ2v) is 12.1. The first-order valence-corrected chi connectivity index (χ1v) is 16.5. The SMILES string of the molecule is CCOC(=O)C1=C(C)N=c2s/c(=C/c3ccc(OCCOc4ccc(C(C)CC)cc4)c(OC)c3)c(=O)n2C1c1ccc(OC)cc1. The predicted molar refractivity (Wildman–Crippen MR) is 183 cm³/mol. The van der Waals surface area contributed by atoms with E-state index in [4.69, 9.17) is 23.7 Å². The average molecular weight is 657 g/mol. The molecule has 5 rings (SSSR count). The number of thiazole rings is 1. The summed E-state index contributed by atoms with van der Waals surface area (Å²) < 4.78 is 30.2. The molecule has 0 bridgehead atoms. The van der Waals surface area contributed by atoms with Gasteiger partial charge in [0, 0.05) is 0 Å². The molecule has 0 aliphatic carbocycles. The van der Waals surface area contributed by atoms with Gasteiger partial charge in [0.05, 0.1) is 42.7 Å². The first-order chi connectivity index (χ1) is 22.8. The van der Waals surface area contributed by atoms with E-state index < -0.39 is 12.0 Å². The first kappa shape index (κ1) is 33.5. The van der Waals surface area contributed by atoms with Gasteiger partial charge in [-0.15, -0.1) is 0 Å². The quantitative estimate of drug-likeness (QED) is 0.133. The van der Waals surface area contributed by atoms with E-state index in [-0.39, 0.29) is 12.2 Å². The van der Waals surface area contributed by atoms with Crippen molar-refractivity contribution in [2.75, 3.05) is 34.0 Å². The molecule has 47 heavy (non-hydrogen) atoms. The van der Waals surface area contributed by atoms with Crippen LogP contribution in [0.5, 0.6) is 23.0 Å². The van der Waals surface area contributed by atoms with Crippen LogP contribution < -0.4 is 33.8 Å². The van der Waals surface area contributed by atoms with Crippen molar-refractivity contribution in [1.82, 2.24) is 4.57 Å². The van der Waals surface area contributed by atoms with Crippen LogP contribution in [0.15, 0.2) is 87.8 Å². The zero-order valence-electron chi connectivity index (χ0n) is 27.6. The molecular formula is C37H40N2O7S. The molecule has 246 valence electrons. The van der Waals surface area contributed by atoms with Crippen molar-refractivity contribution in [2.24, 2.45) is 4.99 Å². The molecule has 4 aromatic rings. The van der Waals surface area contributed by atoms with Crippen molar-refractivity contribution < 1.29 is 28.5 Å². The van der Waals surface area contributed by atoms with Crippen molar-refractivity contribution in [3.05, 3.63) is 114 Å². The van der Waals surface area contributed by atoms with Gasteiger partial charge in [-0.2, -0.15) is 0 Å². The highest BCUT2D eigenvalue weighted by Crippen LogP contribution is 2.32. The van der Waals surface area contributed by atoms with Crippen molar-refractivity contribution in [3.63, 3.8) is 0 Å². The number of methoxy groups -OCH3 is 2. The number of hydrogen-bond donors (Lipinski definition) is 0. The molecule has 0 N–H and O–H groups in total. The molecular weight excluding hydrogens is 616 g/mol. The fraction of sp³-hybridized carbons (Fsp3) is 0.324. The maximum absolute atomic E-state index is 14.0.